The Hall–Kier alpha value is -2.90. The number of fused-ring (bicyclic) bond motifs is 3. The zero-order valence-electron chi connectivity index (χ0n) is 14.4. The molecule has 4 aromatic carbocycles. The summed E-state index contributed by atoms with van der Waals surface area (Å²) in [5.41, 5.74) is 5.35. The molecular formula is C25H18S. The smallest absolute Gasteiger partial charge is 0.0358 e. The molecule has 124 valence electrons. The fourth-order valence-electron chi connectivity index (χ4n) is 3.67. The molecule has 0 radical (unpaired) electrons. The Morgan fingerprint density at radius 2 is 1.31 bits per heavy atom. The Bertz CT molecular complexity index is 1200. The molecule has 0 atom stereocenters. The summed E-state index contributed by atoms with van der Waals surface area (Å²) in [4.78, 5) is 0. The van der Waals surface area contributed by atoms with Gasteiger partial charge in [0, 0.05) is 20.2 Å². The Kier molecular flexibility index (Phi) is 3.80. The minimum absolute atomic E-state index is 0.954. The second kappa shape index (κ2) is 6.44. The van der Waals surface area contributed by atoms with Crippen LogP contribution < -0.4 is 0 Å². The van der Waals surface area contributed by atoms with Gasteiger partial charge in [-0.3, -0.25) is 0 Å². The van der Waals surface area contributed by atoms with Crippen molar-refractivity contribution < 1.29 is 0 Å². The molecule has 0 unspecified atom stereocenters. The van der Waals surface area contributed by atoms with Crippen molar-refractivity contribution in [3.8, 4) is 11.1 Å². The van der Waals surface area contributed by atoms with Crippen LogP contribution in [0.3, 0.4) is 0 Å². The van der Waals surface area contributed by atoms with Gasteiger partial charge in [-0.05, 0) is 40.8 Å². The minimum Gasteiger partial charge on any atom is -0.135 e. The molecule has 0 spiro atoms. The minimum atomic E-state index is 0.954. The Morgan fingerprint density at radius 3 is 2.23 bits per heavy atom. The summed E-state index contributed by atoms with van der Waals surface area (Å²) in [6.45, 7) is 0. The van der Waals surface area contributed by atoms with Gasteiger partial charge in [0.05, 0.1) is 0 Å². The molecule has 26 heavy (non-hydrogen) atoms. The first kappa shape index (κ1) is 15.4. The lowest BCUT2D eigenvalue weighted by Crippen LogP contribution is -1.92. The molecule has 1 heteroatoms. The molecule has 0 aliphatic heterocycles. The summed E-state index contributed by atoms with van der Waals surface area (Å²) in [5.74, 6) is 0. The van der Waals surface area contributed by atoms with Crippen molar-refractivity contribution in [1.29, 1.82) is 0 Å². The summed E-state index contributed by atoms with van der Waals surface area (Å²) in [6.07, 6.45) is 0.954. The highest BCUT2D eigenvalue weighted by molar-refractivity contribution is 7.25. The van der Waals surface area contributed by atoms with E-state index in [1.807, 2.05) is 11.3 Å². The zero-order chi connectivity index (χ0) is 17.3. The summed E-state index contributed by atoms with van der Waals surface area (Å²) < 4.78 is 2.74. The molecular weight excluding hydrogens is 332 g/mol. The normalized spacial score (nSPS) is 11.2. The average Bonchev–Trinajstić information content (AvgIpc) is 3.07. The maximum absolute atomic E-state index is 2.36. The van der Waals surface area contributed by atoms with Crippen LogP contribution in [0.1, 0.15) is 11.1 Å². The van der Waals surface area contributed by atoms with Crippen LogP contribution in [-0.4, -0.2) is 0 Å². The van der Waals surface area contributed by atoms with E-state index in [1.165, 1.54) is 42.4 Å². The molecule has 5 aromatic rings. The van der Waals surface area contributed by atoms with Gasteiger partial charge in [0.15, 0.2) is 0 Å². The third kappa shape index (κ3) is 2.71. The van der Waals surface area contributed by atoms with Crippen molar-refractivity contribution in [1.82, 2.24) is 0 Å². The molecule has 0 nitrogen and oxygen atoms in total. The lowest BCUT2D eigenvalue weighted by molar-refractivity contribution is 1.20. The van der Waals surface area contributed by atoms with Crippen molar-refractivity contribution in [3.05, 3.63) is 108 Å². The first-order chi connectivity index (χ1) is 12.9. The zero-order valence-corrected chi connectivity index (χ0v) is 15.2. The van der Waals surface area contributed by atoms with Crippen molar-refractivity contribution in [2.45, 2.75) is 6.42 Å². The highest BCUT2D eigenvalue weighted by Crippen LogP contribution is 2.35. The molecule has 0 saturated heterocycles. The molecule has 0 aliphatic carbocycles. The van der Waals surface area contributed by atoms with E-state index in [0.717, 1.165) is 6.42 Å². The predicted octanol–water partition coefficient (Wildman–Crippen LogP) is 7.31. The fourth-order valence-corrected chi connectivity index (χ4v) is 4.84. The topological polar surface area (TPSA) is 0 Å². The van der Waals surface area contributed by atoms with Crippen molar-refractivity contribution >= 4 is 31.5 Å². The maximum Gasteiger partial charge on any atom is 0.0358 e. The lowest BCUT2D eigenvalue weighted by Gasteiger charge is -2.10. The second-order valence-corrected chi connectivity index (χ2v) is 7.71. The largest absolute Gasteiger partial charge is 0.135 e. The van der Waals surface area contributed by atoms with Crippen LogP contribution in [0.5, 0.6) is 0 Å². The Morgan fingerprint density at radius 1 is 0.577 bits per heavy atom. The van der Waals surface area contributed by atoms with Gasteiger partial charge in [0.2, 0.25) is 0 Å². The monoisotopic (exact) mass is 350 g/mol. The highest BCUT2D eigenvalue weighted by Gasteiger charge is 2.08. The maximum atomic E-state index is 2.36. The van der Waals surface area contributed by atoms with E-state index in [9.17, 15) is 0 Å². The van der Waals surface area contributed by atoms with Gasteiger partial charge in [0.1, 0.15) is 0 Å². The molecule has 0 N–H and O–H groups in total. The highest BCUT2D eigenvalue weighted by atomic mass is 32.1. The summed E-state index contributed by atoms with van der Waals surface area (Å²) in [6, 6.07) is 35.0. The van der Waals surface area contributed by atoms with Gasteiger partial charge in [-0.1, -0.05) is 84.9 Å². The van der Waals surface area contributed by atoms with Crippen LogP contribution in [0, 0.1) is 0 Å². The SMILES string of the molecule is c1ccc(-c2ccccc2Cc2ccc3c(c2)sc2ccccc23)cc1. The van der Waals surface area contributed by atoms with Crippen LogP contribution in [0.2, 0.25) is 0 Å². The van der Waals surface area contributed by atoms with Crippen molar-refractivity contribution in [3.63, 3.8) is 0 Å². The number of rotatable bonds is 3. The molecule has 0 amide bonds. The van der Waals surface area contributed by atoms with Gasteiger partial charge in [-0.2, -0.15) is 0 Å². The van der Waals surface area contributed by atoms with Gasteiger partial charge in [-0.15, -0.1) is 11.3 Å². The van der Waals surface area contributed by atoms with E-state index in [1.54, 1.807) is 0 Å². The lowest BCUT2D eigenvalue weighted by atomic mass is 9.95. The van der Waals surface area contributed by atoms with Gasteiger partial charge >= 0.3 is 0 Å². The van der Waals surface area contributed by atoms with Gasteiger partial charge in [-0.25, -0.2) is 0 Å². The first-order valence-electron chi connectivity index (χ1n) is 8.92. The Labute approximate surface area is 157 Å². The van der Waals surface area contributed by atoms with Crippen LogP contribution in [0.25, 0.3) is 31.3 Å². The molecule has 0 fully saturated rings. The molecule has 0 bridgehead atoms. The van der Waals surface area contributed by atoms with Crippen LogP contribution in [-0.2, 0) is 6.42 Å². The van der Waals surface area contributed by atoms with E-state index in [-0.39, 0.29) is 0 Å². The van der Waals surface area contributed by atoms with E-state index >= 15 is 0 Å². The van der Waals surface area contributed by atoms with Crippen LogP contribution >= 0.6 is 11.3 Å². The standard InChI is InChI=1S/C25H18S/c1-2-8-19(9-3-1)21-11-5-4-10-20(21)16-18-14-15-23-22-12-6-7-13-24(22)26-25(23)17-18/h1-15,17H,16H2. The summed E-state index contributed by atoms with van der Waals surface area (Å²) in [5, 5.41) is 2.73. The van der Waals surface area contributed by atoms with Crippen LogP contribution in [0.15, 0.2) is 97.1 Å². The summed E-state index contributed by atoms with van der Waals surface area (Å²) in [7, 11) is 0. The van der Waals surface area contributed by atoms with Crippen LogP contribution in [0.4, 0.5) is 0 Å². The molecule has 1 aromatic heterocycles. The van der Waals surface area contributed by atoms with E-state index in [2.05, 4.69) is 97.1 Å². The van der Waals surface area contributed by atoms with E-state index in [0.29, 0.717) is 0 Å². The summed E-state index contributed by atoms with van der Waals surface area (Å²) >= 11 is 1.89. The van der Waals surface area contributed by atoms with Gasteiger partial charge < -0.3 is 0 Å². The Balaban J connectivity index is 1.57. The average molecular weight is 350 g/mol. The number of benzene rings is 4. The number of hydrogen-bond donors (Lipinski definition) is 0. The third-order valence-corrected chi connectivity index (χ3v) is 6.07. The third-order valence-electron chi connectivity index (χ3n) is 4.94. The molecule has 0 saturated carbocycles. The van der Waals surface area contributed by atoms with E-state index < -0.39 is 0 Å². The van der Waals surface area contributed by atoms with E-state index in [4.69, 9.17) is 0 Å². The number of thiophene rings is 1. The quantitative estimate of drug-likeness (QED) is 0.320. The van der Waals surface area contributed by atoms with Gasteiger partial charge in [0.25, 0.3) is 0 Å². The van der Waals surface area contributed by atoms with Crippen molar-refractivity contribution in [2.75, 3.05) is 0 Å². The number of hydrogen-bond acceptors (Lipinski definition) is 1. The second-order valence-electron chi connectivity index (χ2n) is 6.63. The molecule has 5 rings (SSSR count). The first-order valence-corrected chi connectivity index (χ1v) is 9.74. The molecule has 0 aliphatic rings. The fraction of sp³-hybridized carbons (Fsp3) is 0.0400. The molecule has 1 heterocycles. The van der Waals surface area contributed by atoms with Crippen molar-refractivity contribution in [2.24, 2.45) is 0 Å². The predicted molar refractivity (Wildman–Crippen MR) is 114 cm³/mol.